The maximum absolute atomic E-state index is 12.7. The van der Waals surface area contributed by atoms with Gasteiger partial charge in [0, 0.05) is 31.3 Å². The Balaban J connectivity index is 1.64. The Morgan fingerprint density at radius 3 is 2.68 bits per heavy atom. The van der Waals surface area contributed by atoms with Crippen LogP contribution in [0.4, 0.5) is 5.88 Å². The molecule has 28 heavy (non-hydrogen) atoms. The SMILES string of the molecule is C=CCc1c(OCCN2CCCC2)ccc2c(=O)cc(N3CCOCC3)oc12. The van der Waals surface area contributed by atoms with Crippen molar-refractivity contribution in [2.24, 2.45) is 0 Å². The highest BCUT2D eigenvalue weighted by molar-refractivity contribution is 5.83. The van der Waals surface area contributed by atoms with Crippen LogP contribution in [0.5, 0.6) is 5.75 Å². The Kier molecular flexibility index (Phi) is 5.98. The Bertz CT molecular complexity index is 880. The highest BCUT2D eigenvalue weighted by atomic mass is 16.5. The molecular weight excluding hydrogens is 356 g/mol. The fraction of sp³-hybridized carbons (Fsp3) is 0.500. The Morgan fingerprint density at radius 1 is 1.14 bits per heavy atom. The first-order valence-electron chi connectivity index (χ1n) is 10.1. The molecule has 0 amide bonds. The van der Waals surface area contributed by atoms with Crippen LogP contribution in [0.1, 0.15) is 18.4 Å². The highest BCUT2D eigenvalue weighted by Gasteiger charge is 2.19. The number of benzene rings is 1. The van der Waals surface area contributed by atoms with Crippen molar-refractivity contribution in [2.75, 3.05) is 57.4 Å². The third-order valence-electron chi connectivity index (χ3n) is 5.48. The summed E-state index contributed by atoms with van der Waals surface area (Å²) < 4.78 is 17.7. The minimum absolute atomic E-state index is 0.0309. The quantitative estimate of drug-likeness (QED) is 0.685. The van der Waals surface area contributed by atoms with Crippen molar-refractivity contribution in [2.45, 2.75) is 19.3 Å². The average molecular weight is 384 g/mol. The van der Waals surface area contributed by atoms with E-state index in [1.165, 1.54) is 12.8 Å². The van der Waals surface area contributed by atoms with Crippen molar-refractivity contribution >= 4 is 16.9 Å². The molecule has 0 atom stereocenters. The van der Waals surface area contributed by atoms with Gasteiger partial charge in [0.15, 0.2) is 11.3 Å². The first-order valence-corrected chi connectivity index (χ1v) is 10.1. The molecule has 1 aromatic carbocycles. The molecule has 6 nitrogen and oxygen atoms in total. The molecule has 0 bridgehead atoms. The summed E-state index contributed by atoms with van der Waals surface area (Å²) in [6, 6.07) is 5.28. The van der Waals surface area contributed by atoms with Crippen molar-refractivity contribution in [3.05, 3.63) is 46.6 Å². The number of fused-ring (bicyclic) bond motifs is 1. The van der Waals surface area contributed by atoms with Gasteiger partial charge in [-0.25, -0.2) is 0 Å². The number of ether oxygens (including phenoxy) is 2. The molecule has 0 radical (unpaired) electrons. The second-order valence-electron chi connectivity index (χ2n) is 7.36. The molecule has 0 saturated carbocycles. The Labute approximate surface area is 165 Å². The minimum atomic E-state index is -0.0309. The third kappa shape index (κ3) is 4.08. The smallest absolute Gasteiger partial charge is 0.200 e. The number of likely N-dealkylation sites (tertiary alicyclic amines) is 1. The van der Waals surface area contributed by atoms with Crippen LogP contribution in [0.25, 0.3) is 11.0 Å². The molecule has 4 rings (SSSR count). The van der Waals surface area contributed by atoms with Crippen LogP contribution < -0.4 is 15.1 Å². The number of allylic oxidation sites excluding steroid dienone is 1. The van der Waals surface area contributed by atoms with E-state index in [0.29, 0.717) is 43.1 Å². The van der Waals surface area contributed by atoms with Gasteiger partial charge in [-0.1, -0.05) is 6.08 Å². The number of nitrogens with zero attached hydrogens (tertiary/aromatic N) is 2. The van der Waals surface area contributed by atoms with E-state index in [9.17, 15) is 4.79 Å². The second-order valence-corrected chi connectivity index (χ2v) is 7.36. The van der Waals surface area contributed by atoms with E-state index in [1.54, 1.807) is 6.07 Å². The van der Waals surface area contributed by atoms with E-state index in [2.05, 4.69) is 16.4 Å². The summed E-state index contributed by atoms with van der Waals surface area (Å²) in [4.78, 5) is 17.2. The van der Waals surface area contributed by atoms with Gasteiger partial charge in [-0.3, -0.25) is 9.69 Å². The van der Waals surface area contributed by atoms with Crippen molar-refractivity contribution < 1.29 is 13.9 Å². The summed E-state index contributed by atoms with van der Waals surface area (Å²) in [5.41, 5.74) is 1.46. The summed E-state index contributed by atoms with van der Waals surface area (Å²) >= 11 is 0. The number of anilines is 1. The van der Waals surface area contributed by atoms with E-state index in [4.69, 9.17) is 13.9 Å². The molecule has 2 saturated heterocycles. The summed E-state index contributed by atoms with van der Waals surface area (Å²) in [5.74, 6) is 1.37. The van der Waals surface area contributed by atoms with Crippen LogP contribution in [0.3, 0.4) is 0 Å². The summed E-state index contributed by atoms with van der Waals surface area (Å²) in [6.45, 7) is 10.4. The fourth-order valence-corrected chi connectivity index (χ4v) is 3.95. The zero-order chi connectivity index (χ0) is 19.3. The van der Waals surface area contributed by atoms with Crippen LogP contribution in [0.15, 0.2) is 40.1 Å². The van der Waals surface area contributed by atoms with Gasteiger partial charge in [-0.15, -0.1) is 6.58 Å². The third-order valence-corrected chi connectivity index (χ3v) is 5.48. The molecule has 2 aliphatic rings. The average Bonchev–Trinajstić information content (AvgIpc) is 3.24. The second kappa shape index (κ2) is 8.80. The first-order chi connectivity index (χ1) is 13.8. The van der Waals surface area contributed by atoms with E-state index in [0.717, 1.165) is 44.0 Å². The van der Waals surface area contributed by atoms with E-state index >= 15 is 0 Å². The molecule has 2 fully saturated rings. The first kappa shape index (κ1) is 19.0. The van der Waals surface area contributed by atoms with Crippen LogP contribution in [-0.4, -0.2) is 57.4 Å². The predicted molar refractivity (Wildman–Crippen MR) is 111 cm³/mol. The topological polar surface area (TPSA) is 55.2 Å². The lowest BCUT2D eigenvalue weighted by Crippen LogP contribution is -2.36. The molecule has 0 N–H and O–H groups in total. The largest absolute Gasteiger partial charge is 0.492 e. The molecular formula is C22H28N2O4. The number of rotatable bonds is 7. The van der Waals surface area contributed by atoms with Crippen LogP contribution in [-0.2, 0) is 11.2 Å². The Morgan fingerprint density at radius 2 is 1.93 bits per heavy atom. The monoisotopic (exact) mass is 384 g/mol. The van der Waals surface area contributed by atoms with Gasteiger partial charge in [0.1, 0.15) is 17.9 Å². The Hall–Kier alpha value is -2.31. The van der Waals surface area contributed by atoms with Gasteiger partial charge in [0.05, 0.1) is 18.6 Å². The zero-order valence-corrected chi connectivity index (χ0v) is 16.3. The molecule has 0 unspecified atom stereocenters. The van der Waals surface area contributed by atoms with Crippen molar-refractivity contribution in [1.29, 1.82) is 0 Å². The van der Waals surface area contributed by atoms with E-state index in [1.807, 2.05) is 18.2 Å². The van der Waals surface area contributed by atoms with Gasteiger partial charge in [-0.05, 0) is 44.5 Å². The zero-order valence-electron chi connectivity index (χ0n) is 16.3. The van der Waals surface area contributed by atoms with Crippen LogP contribution in [0, 0.1) is 0 Å². The maximum Gasteiger partial charge on any atom is 0.200 e. The van der Waals surface area contributed by atoms with Gasteiger partial charge < -0.3 is 18.8 Å². The lowest BCUT2D eigenvalue weighted by atomic mass is 10.1. The van der Waals surface area contributed by atoms with Crippen LogP contribution >= 0.6 is 0 Å². The molecule has 150 valence electrons. The maximum atomic E-state index is 12.7. The van der Waals surface area contributed by atoms with Gasteiger partial charge in [-0.2, -0.15) is 0 Å². The molecule has 6 heteroatoms. The van der Waals surface area contributed by atoms with Gasteiger partial charge in [0.25, 0.3) is 0 Å². The number of morpholine rings is 1. The van der Waals surface area contributed by atoms with Crippen molar-refractivity contribution in [3.63, 3.8) is 0 Å². The lowest BCUT2D eigenvalue weighted by molar-refractivity contribution is 0.121. The highest BCUT2D eigenvalue weighted by Crippen LogP contribution is 2.30. The molecule has 3 heterocycles. The predicted octanol–water partition coefficient (Wildman–Crippen LogP) is 2.83. The molecule has 0 spiro atoms. The van der Waals surface area contributed by atoms with Crippen molar-refractivity contribution in [3.8, 4) is 5.75 Å². The molecule has 2 aliphatic heterocycles. The summed E-state index contributed by atoms with van der Waals surface area (Å²) in [7, 11) is 0. The van der Waals surface area contributed by atoms with Gasteiger partial charge >= 0.3 is 0 Å². The van der Waals surface area contributed by atoms with Crippen molar-refractivity contribution in [1.82, 2.24) is 4.90 Å². The van der Waals surface area contributed by atoms with Crippen LogP contribution in [0.2, 0.25) is 0 Å². The normalized spacial score (nSPS) is 17.9. The van der Waals surface area contributed by atoms with E-state index < -0.39 is 0 Å². The lowest BCUT2D eigenvalue weighted by Gasteiger charge is -2.27. The van der Waals surface area contributed by atoms with E-state index in [-0.39, 0.29) is 5.43 Å². The number of hydrogen-bond donors (Lipinski definition) is 0. The minimum Gasteiger partial charge on any atom is -0.492 e. The molecule has 2 aromatic rings. The van der Waals surface area contributed by atoms with Gasteiger partial charge in [0.2, 0.25) is 0 Å². The number of hydrogen-bond acceptors (Lipinski definition) is 6. The standard InChI is InChI=1S/C22H28N2O4/c1-2-5-18-20(27-15-10-23-8-3-4-9-23)7-6-17-19(25)16-21(28-22(17)18)24-11-13-26-14-12-24/h2,6-7,16H,1,3-5,8-15H2. The molecule has 0 aliphatic carbocycles. The summed E-state index contributed by atoms with van der Waals surface area (Å²) in [5, 5.41) is 0.584. The fourth-order valence-electron chi connectivity index (χ4n) is 3.95. The summed E-state index contributed by atoms with van der Waals surface area (Å²) in [6.07, 6.45) is 4.95. The molecule has 1 aromatic heterocycles.